The molecule has 0 unspecified atom stereocenters. The van der Waals surface area contributed by atoms with E-state index in [4.69, 9.17) is 4.74 Å². The third kappa shape index (κ3) is 4.31. The molecular formula is C21H28N2O2. The van der Waals surface area contributed by atoms with Crippen molar-refractivity contribution in [2.24, 2.45) is 0 Å². The lowest BCUT2D eigenvalue weighted by atomic mass is 9.99. The number of nitrogens with zero attached hydrogens (tertiary/aromatic N) is 1. The average Bonchev–Trinajstić information content (AvgIpc) is 3.01. The van der Waals surface area contributed by atoms with Crippen LogP contribution >= 0.6 is 0 Å². The molecule has 1 saturated heterocycles. The molecule has 2 aromatic rings. The third-order valence-corrected chi connectivity index (χ3v) is 4.62. The molecule has 1 aliphatic rings. The minimum atomic E-state index is -0.446. The lowest BCUT2D eigenvalue weighted by molar-refractivity contribution is 0.0290. The molecule has 0 radical (unpaired) electrons. The first-order valence-corrected chi connectivity index (χ1v) is 9.05. The summed E-state index contributed by atoms with van der Waals surface area (Å²) in [6, 6.07) is 15.4. The van der Waals surface area contributed by atoms with Crippen molar-refractivity contribution in [3.05, 3.63) is 48.0 Å². The second kappa shape index (κ2) is 7.04. The SMILES string of the molecule is C[C@@H](N[C@@H]1CCN(C(=O)OC(C)(C)C)C1)c1cccc2ccccc12. The van der Waals surface area contributed by atoms with E-state index in [2.05, 4.69) is 54.7 Å². The lowest BCUT2D eigenvalue weighted by Gasteiger charge is -2.25. The third-order valence-electron chi connectivity index (χ3n) is 4.62. The number of benzene rings is 2. The van der Waals surface area contributed by atoms with Crippen LogP contribution in [0.5, 0.6) is 0 Å². The number of carbonyl (C=O) groups excluding carboxylic acids is 1. The van der Waals surface area contributed by atoms with E-state index in [9.17, 15) is 4.79 Å². The van der Waals surface area contributed by atoms with Gasteiger partial charge in [0.05, 0.1) is 0 Å². The zero-order chi connectivity index (χ0) is 18.0. The van der Waals surface area contributed by atoms with Gasteiger partial charge in [-0.25, -0.2) is 4.79 Å². The number of rotatable bonds is 3. The van der Waals surface area contributed by atoms with Crippen LogP contribution < -0.4 is 5.32 Å². The highest BCUT2D eigenvalue weighted by atomic mass is 16.6. The topological polar surface area (TPSA) is 41.6 Å². The molecule has 3 rings (SSSR count). The predicted molar refractivity (Wildman–Crippen MR) is 102 cm³/mol. The van der Waals surface area contributed by atoms with Gasteiger partial charge in [-0.15, -0.1) is 0 Å². The van der Waals surface area contributed by atoms with Gasteiger partial charge in [0.25, 0.3) is 0 Å². The lowest BCUT2D eigenvalue weighted by Crippen LogP contribution is -2.39. The van der Waals surface area contributed by atoms with Crippen molar-refractivity contribution in [2.45, 2.75) is 51.8 Å². The summed E-state index contributed by atoms with van der Waals surface area (Å²) in [5, 5.41) is 6.23. The van der Waals surface area contributed by atoms with E-state index >= 15 is 0 Å². The summed E-state index contributed by atoms with van der Waals surface area (Å²) in [5.74, 6) is 0. The zero-order valence-corrected chi connectivity index (χ0v) is 15.6. The van der Waals surface area contributed by atoms with Crippen LogP contribution in [0, 0.1) is 0 Å². The number of hydrogen-bond acceptors (Lipinski definition) is 3. The second-order valence-corrected chi connectivity index (χ2v) is 7.87. The number of amides is 1. The maximum absolute atomic E-state index is 12.2. The summed E-state index contributed by atoms with van der Waals surface area (Å²) < 4.78 is 5.48. The Balaban J connectivity index is 1.64. The summed E-state index contributed by atoms with van der Waals surface area (Å²) in [7, 11) is 0. The first-order valence-electron chi connectivity index (χ1n) is 9.05. The Hall–Kier alpha value is -2.07. The van der Waals surface area contributed by atoms with Gasteiger partial charge in [-0.1, -0.05) is 42.5 Å². The minimum Gasteiger partial charge on any atom is -0.444 e. The van der Waals surface area contributed by atoms with Crippen LogP contribution in [0.25, 0.3) is 10.8 Å². The van der Waals surface area contributed by atoms with Crippen molar-refractivity contribution in [1.29, 1.82) is 0 Å². The molecule has 1 aliphatic heterocycles. The Morgan fingerprint density at radius 2 is 1.92 bits per heavy atom. The highest BCUT2D eigenvalue weighted by Gasteiger charge is 2.30. The number of ether oxygens (including phenoxy) is 1. The molecule has 0 saturated carbocycles. The molecule has 0 aromatic heterocycles. The van der Waals surface area contributed by atoms with E-state index in [0.29, 0.717) is 12.6 Å². The first-order chi connectivity index (χ1) is 11.8. The maximum atomic E-state index is 12.2. The summed E-state index contributed by atoms with van der Waals surface area (Å²) in [6.45, 7) is 9.34. The quantitative estimate of drug-likeness (QED) is 0.894. The van der Waals surface area contributed by atoms with Crippen LogP contribution in [-0.4, -0.2) is 35.7 Å². The first kappa shape index (κ1) is 17.7. The fourth-order valence-electron chi connectivity index (χ4n) is 3.46. The van der Waals surface area contributed by atoms with Gasteiger partial charge in [-0.2, -0.15) is 0 Å². The van der Waals surface area contributed by atoms with Gasteiger partial charge in [0.1, 0.15) is 5.60 Å². The van der Waals surface area contributed by atoms with Gasteiger partial charge in [0.2, 0.25) is 0 Å². The van der Waals surface area contributed by atoms with Gasteiger partial charge in [-0.05, 0) is 50.5 Å². The summed E-state index contributed by atoms with van der Waals surface area (Å²) in [4.78, 5) is 14.0. The van der Waals surface area contributed by atoms with Crippen molar-refractivity contribution in [2.75, 3.05) is 13.1 Å². The highest BCUT2D eigenvalue weighted by molar-refractivity contribution is 5.86. The molecule has 0 spiro atoms. The molecule has 2 aromatic carbocycles. The molecule has 2 atom stereocenters. The Kier molecular flexibility index (Phi) is 5.00. The Labute approximate surface area is 150 Å². The van der Waals surface area contributed by atoms with Crippen LogP contribution in [0.1, 0.15) is 45.7 Å². The summed E-state index contributed by atoms with van der Waals surface area (Å²) in [6.07, 6.45) is 0.739. The van der Waals surface area contributed by atoms with Gasteiger partial charge in [0, 0.05) is 25.2 Å². The van der Waals surface area contributed by atoms with Gasteiger partial charge in [0.15, 0.2) is 0 Å². The van der Waals surface area contributed by atoms with E-state index in [0.717, 1.165) is 13.0 Å². The van der Waals surface area contributed by atoms with E-state index in [-0.39, 0.29) is 12.1 Å². The second-order valence-electron chi connectivity index (χ2n) is 7.87. The van der Waals surface area contributed by atoms with Crippen molar-refractivity contribution < 1.29 is 9.53 Å². The normalized spacial score (nSPS) is 19.2. The highest BCUT2D eigenvalue weighted by Crippen LogP contribution is 2.25. The molecule has 1 heterocycles. The van der Waals surface area contributed by atoms with Gasteiger partial charge < -0.3 is 15.0 Å². The fraction of sp³-hybridized carbons (Fsp3) is 0.476. The smallest absolute Gasteiger partial charge is 0.410 e. The summed E-state index contributed by atoms with van der Waals surface area (Å²) >= 11 is 0. The Bertz CT molecular complexity index is 746. The van der Waals surface area contributed by atoms with Crippen molar-refractivity contribution >= 4 is 16.9 Å². The molecule has 0 bridgehead atoms. The number of hydrogen-bond donors (Lipinski definition) is 1. The van der Waals surface area contributed by atoms with Crippen LogP contribution in [0.15, 0.2) is 42.5 Å². The number of carbonyl (C=O) groups is 1. The van der Waals surface area contributed by atoms with Gasteiger partial charge >= 0.3 is 6.09 Å². The molecular weight excluding hydrogens is 312 g/mol. The molecule has 1 fully saturated rings. The Morgan fingerprint density at radius 3 is 2.68 bits per heavy atom. The van der Waals surface area contributed by atoms with Crippen LogP contribution in [0.2, 0.25) is 0 Å². The van der Waals surface area contributed by atoms with E-state index in [1.165, 1.54) is 16.3 Å². The van der Waals surface area contributed by atoms with Crippen molar-refractivity contribution in [3.8, 4) is 0 Å². The van der Waals surface area contributed by atoms with Crippen molar-refractivity contribution in [3.63, 3.8) is 0 Å². The largest absolute Gasteiger partial charge is 0.444 e. The standard InChI is InChI=1S/C21H28N2O2/c1-15(18-11-7-9-16-8-5-6-10-19(16)18)22-17-12-13-23(14-17)20(24)25-21(2,3)4/h5-11,15,17,22H,12-14H2,1-4H3/t15-,17-/m1/s1. The van der Waals surface area contributed by atoms with Crippen LogP contribution in [-0.2, 0) is 4.74 Å². The van der Waals surface area contributed by atoms with Gasteiger partial charge in [-0.3, -0.25) is 0 Å². The minimum absolute atomic E-state index is 0.213. The van der Waals surface area contributed by atoms with Crippen LogP contribution in [0.4, 0.5) is 4.79 Å². The number of fused-ring (bicyclic) bond motifs is 1. The molecule has 25 heavy (non-hydrogen) atoms. The van der Waals surface area contributed by atoms with E-state index < -0.39 is 5.60 Å². The average molecular weight is 340 g/mol. The molecule has 134 valence electrons. The maximum Gasteiger partial charge on any atom is 0.410 e. The van der Waals surface area contributed by atoms with Crippen LogP contribution in [0.3, 0.4) is 0 Å². The molecule has 4 heteroatoms. The molecule has 4 nitrogen and oxygen atoms in total. The molecule has 1 amide bonds. The fourth-order valence-corrected chi connectivity index (χ4v) is 3.46. The summed E-state index contributed by atoms with van der Waals surface area (Å²) in [5.41, 5.74) is 0.854. The van der Waals surface area contributed by atoms with E-state index in [1.807, 2.05) is 20.8 Å². The predicted octanol–water partition coefficient (Wildman–Crippen LogP) is 4.50. The monoisotopic (exact) mass is 340 g/mol. The zero-order valence-electron chi connectivity index (χ0n) is 15.6. The number of nitrogens with one attached hydrogen (secondary N) is 1. The Morgan fingerprint density at radius 1 is 1.20 bits per heavy atom. The van der Waals surface area contributed by atoms with Crippen molar-refractivity contribution in [1.82, 2.24) is 10.2 Å². The van der Waals surface area contributed by atoms with E-state index in [1.54, 1.807) is 4.90 Å². The number of likely N-dealkylation sites (tertiary alicyclic amines) is 1. The molecule has 0 aliphatic carbocycles. The molecule has 1 N–H and O–H groups in total.